The van der Waals surface area contributed by atoms with Crippen molar-refractivity contribution in [2.45, 2.75) is 37.8 Å². The molecule has 2 unspecified atom stereocenters. The van der Waals surface area contributed by atoms with Gasteiger partial charge in [0.05, 0.1) is 12.6 Å². The highest BCUT2D eigenvalue weighted by Gasteiger charge is 2.32. The lowest BCUT2D eigenvalue weighted by Gasteiger charge is -2.29. The first kappa shape index (κ1) is 19.1. The summed E-state index contributed by atoms with van der Waals surface area (Å²) in [7, 11) is 0. The fourth-order valence-corrected chi connectivity index (χ4v) is 4.24. The van der Waals surface area contributed by atoms with E-state index in [1.54, 1.807) is 4.90 Å². The summed E-state index contributed by atoms with van der Waals surface area (Å²) in [5.74, 6) is -0.976. The van der Waals surface area contributed by atoms with E-state index < -0.39 is 12.0 Å². The number of likely N-dealkylation sites (tertiary alicyclic amines) is 2. The van der Waals surface area contributed by atoms with Crippen LogP contribution in [0.15, 0.2) is 24.3 Å². The van der Waals surface area contributed by atoms with Crippen molar-refractivity contribution in [3.05, 3.63) is 34.9 Å². The van der Waals surface area contributed by atoms with Gasteiger partial charge in [-0.3, -0.25) is 19.4 Å². The van der Waals surface area contributed by atoms with Gasteiger partial charge in [-0.05, 0) is 56.9 Å². The molecule has 0 aliphatic carbocycles. The van der Waals surface area contributed by atoms with Crippen LogP contribution in [0.5, 0.6) is 0 Å². The summed E-state index contributed by atoms with van der Waals surface area (Å²) >= 11 is 6.39. The quantitative estimate of drug-likeness (QED) is 0.759. The van der Waals surface area contributed by atoms with Crippen LogP contribution in [0.1, 0.15) is 37.3 Å². The Morgan fingerprint density at radius 2 is 1.92 bits per heavy atom. The standard InChI is InChI=1S/C19H26ClN3O3/c20-15-7-2-1-6-14(15)17(22-9-3-4-10-22)12-21-18(24)13-23-11-5-8-16(23)19(25)26/h1-2,6-7,16-17H,3-5,8-13H2,(H,21,24)(H,25,26). The fraction of sp³-hybridized carbons (Fsp3) is 0.579. The van der Waals surface area contributed by atoms with Gasteiger partial charge in [-0.15, -0.1) is 0 Å². The minimum absolute atomic E-state index is 0.0454. The molecule has 2 heterocycles. The summed E-state index contributed by atoms with van der Waals surface area (Å²) in [5.41, 5.74) is 1.03. The van der Waals surface area contributed by atoms with Gasteiger partial charge in [-0.2, -0.15) is 0 Å². The van der Waals surface area contributed by atoms with Crippen molar-refractivity contribution >= 4 is 23.5 Å². The first-order chi connectivity index (χ1) is 12.6. The summed E-state index contributed by atoms with van der Waals surface area (Å²) < 4.78 is 0. The maximum atomic E-state index is 12.4. The number of nitrogens with one attached hydrogen (secondary N) is 1. The summed E-state index contributed by atoms with van der Waals surface area (Å²) in [6.45, 7) is 3.27. The summed E-state index contributed by atoms with van der Waals surface area (Å²) in [5, 5.41) is 13.0. The lowest BCUT2D eigenvalue weighted by atomic mass is 10.1. The number of carboxylic acid groups (broad SMARTS) is 1. The third kappa shape index (κ3) is 4.55. The lowest BCUT2D eigenvalue weighted by molar-refractivity contribution is -0.142. The molecule has 2 saturated heterocycles. The molecule has 0 bridgehead atoms. The molecule has 26 heavy (non-hydrogen) atoms. The summed E-state index contributed by atoms with van der Waals surface area (Å²) in [6, 6.07) is 7.27. The van der Waals surface area contributed by atoms with Gasteiger partial charge >= 0.3 is 5.97 Å². The van der Waals surface area contributed by atoms with E-state index in [1.807, 2.05) is 24.3 Å². The first-order valence-electron chi connectivity index (χ1n) is 9.28. The number of hydrogen-bond acceptors (Lipinski definition) is 4. The Hall–Kier alpha value is -1.63. The van der Waals surface area contributed by atoms with Crippen molar-refractivity contribution in [3.8, 4) is 0 Å². The van der Waals surface area contributed by atoms with Crippen LogP contribution in [0.3, 0.4) is 0 Å². The number of rotatable bonds is 7. The van der Waals surface area contributed by atoms with Gasteiger partial charge in [-0.25, -0.2) is 0 Å². The lowest BCUT2D eigenvalue weighted by Crippen LogP contribution is -2.45. The molecule has 0 spiro atoms. The highest BCUT2D eigenvalue weighted by Crippen LogP contribution is 2.29. The molecule has 142 valence electrons. The maximum Gasteiger partial charge on any atom is 0.320 e. The number of hydrogen-bond donors (Lipinski definition) is 2. The summed E-state index contributed by atoms with van der Waals surface area (Å²) in [6.07, 6.45) is 3.74. The Labute approximate surface area is 159 Å². The predicted molar refractivity (Wildman–Crippen MR) is 100 cm³/mol. The molecule has 0 radical (unpaired) electrons. The zero-order chi connectivity index (χ0) is 18.5. The average Bonchev–Trinajstić information content (AvgIpc) is 3.28. The van der Waals surface area contributed by atoms with Crippen LogP contribution in [0.25, 0.3) is 0 Å². The second-order valence-corrected chi connectivity index (χ2v) is 7.46. The largest absolute Gasteiger partial charge is 0.480 e. The van der Waals surface area contributed by atoms with E-state index >= 15 is 0 Å². The molecule has 0 aromatic heterocycles. The third-order valence-electron chi connectivity index (χ3n) is 5.33. The maximum absolute atomic E-state index is 12.4. The van der Waals surface area contributed by atoms with Crippen molar-refractivity contribution < 1.29 is 14.7 Å². The van der Waals surface area contributed by atoms with E-state index in [0.29, 0.717) is 24.5 Å². The van der Waals surface area contributed by atoms with Gasteiger partial charge in [0.1, 0.15) is 6.04 Å². The van der Waals surface area contributed by atoms with Gasteiger partial charge in [0.15, 0.2) is 0 Å². The Kier molecular flexibility index (Phi) is 6.51. The number of aliphatic carboxylic acids is 1. The first-order valence-corrected chi connectivity index (χ1v) is 9.66. The van der Waals surface area contributed by atoms with E-state index in [1.165, 1.54) is 0 Å². The monoisotopic (exact) mass is 379 g/mol. The van der Waals surface area contributed by atoms with Crippen molar-refractivity contribution in [1.82, 2.24) is 15.1 Å². The molecule has 2 fully saturated rings. The van der Waals surface area contributed by atoms with Crippen LogP contribution in [-0.2, 0) is 9.59 Å². The molecule has 2 aliphatic heterocycles. The van der Waals surface area contributed by atoms with E-state index in [9.17, 15) is 14.7 Å². The topological polar surface area (TPSA) is 72.9 Å². The van der Waals surface area contributed by atoms with Gasteiger partial charge in [-0.1, -0.05) is 29.8 Å². The smallest absolute Gasteiger partial charge is 0.320 e. The van der Waals surface area contributed by atoms with E-state index in [2.05, 4.69) is 10.2 Å². The van der Waals surface area contributed by atoms with Crippen LogP contribution in [0.4, 0.5) is 0 Å². The molecule has 6 nitrogen and oxygen atoms in total. The van der Waals surface area contributed by atoms with Crippen LogP contribution in [0.2, 0.25) is 5.02 Å². The van der Waals surface area contributed by atoms with Gasteiger partial charge < -0.3 is 10.4 Å². The SMILES string of the molecule is O=C(CN1CCCC1C(=O)O)NCC(c1ccccc1Cl)N1CCCC1. The fourth-order valence-electron chi connectivity index (χ4n) is 3.98. The average molecular weight is 380 g/mol. The number of benzene rings is 1. The van der Waals surface area contributed by atoms with Crippen LogP contribution in [0, 0.1) is 0 Å². The van der Waals surface area contributed by atoms with Crippen LogP contribution < -0.4 is 5.32 Å². The predicted octanol–water partition coefficient (Wildman–Crippen LogP) is 2.14. The number of halogens is 1. The zero-order valence-corrected chi connectivity index (χ0v) is 15.6. The summed E-state index contributed by atoms with van der Waals surface area (Å²) in [4.78, 5) is 27.8. The normalized spacial score (nSPS) is 22.4. The second-order valence-electron chi connectivity index (χ2n) is 7.05. The van der Waals surface area contributed by atoms with Gasteiger partial charge in [0.25, 0.3) is 0 Å². The number of nitrogens with zero attached hydrogens (tertiary/aromatic N) is 2. The molecule has 0 saturated carbocycles. The van der Waals surface area contributed by atoms with Crippen molar-refractivity contribution in [2.75, 3.05) is 32.7 Å². The van der Waals surface area contributed by atoms with Gasteiger partial charge in [0.2, 0.25) is 5.91 Å². The van der Waals surface area contributed by atoms with Gasteiger partial charge in [0, 0.05) is 11.6 Å². The highest BCUT2D eigenvalue weighted by molar-refractivity contribution is 6.31. The molecular weight excluding hydrogens is 354 g/mol. The highest BCUT2D eigenvalue weighted by atomic mass is 35.5. The minimum Gasteiger partial charge on any atom is -0.480 e. The molecule has 2 aliphatic rings. The molecule has 3 rings (SSSR count). The van der Waals surface area contributed by atoms with E-state index in [-0.39, 0.29) is 18.5 Å². The zero-order valence-electron chi connectivity index (χ0n) is 14.9. The molecule has 2 atom stereocenters. The van der Waals surface area contributed by atoms with Crippen molar-refractivity contribution in [3.63, 3.8) is 0 Å². The molecule has 1 amide bonds. The third-order valence-corrected chi connectivity index (χ3v) is 5.68. The molecular formula is C19H26ClN3O3. The number of carbonyl (C=O) groups excluding carboxylic acids is 1. The Bertz CT molecular complexity index is 649. The Morgan fingerprint density at radius 3 is 2.62 bits per heavy atom. The van der Waals surface area contributed by atoms with Crippen LogP contribution in [-0.4, -0.2) is 65.5 Å². The molecule has 7 heteroatoms. The molecule has 2 N–H and O–H groups in total. The van der Waals surface area contributed by atoms with E-state index in [4.69, 9.17) is 11.6 Å². The second kappa shape index (κ2) is 8.84. The van der Waals surface area contributed by atoms with Crippen molar-refractivity contribution in [2.24, 2.45) is 0 Å². The molecule has 1 aromatic carbocycles. The minimum atomic E-state index is -0.846. The van der Waals surface area contributed by atoms with E-state index in [0.717, 1.165) is 37.9 Å². The Morgan fingerprint density at radius 1 is 1.19 bits per heavy atom. The Balaban J connectivity index is 1.61. The van der Waals surface area contributed by atoms with Crippen molar-refractivity contribution in [1.29, 1.82) is 0 Å². The number of amides is 1. The number of carbonyl (C=O) groups is 2. The van der Waals surface area contributed by atoms with Crippen LogP contribution >= 0.6 is 11.6 Å². The molecule has 1 aromatic rings. The number of carboxylic acids is 1.